The van der Waals surface area contributed by atoms with Crippen LogP contribution in [0.2, 0.25) is 0 Å². The maximum atomic E-state index is 11.1. The summed E-state index contributed by atoms with van der Waals surface area (Å²) in [4.78, 5) is 22.0. The molecule has 0 amide bonds. The lowest BCUT2D eigenvalue weighted by molar-refractivity contribution is -0.151. The molecule has 0 aromatic rings. The Morgan fingerprint density at radius 1 is 1.33 bits per heavy atom. The molecule has 0 N–H and O–H groups in total. The van der Waals surface area contributed by atoms with Crippen LogP contribution >= 0.6 is 0 Å². The van der Waals surface area contributed by atoms with Crippen molar-refractivity contribution < 1.29 is 19.1 Å². The van der Waals surface area contributed by atoms with E-state index in [-0.39, 0.29) is 25.1 Å². The molecule has 0 aliphatic carbocycles. The Bertz CT molecular complexity index is 268. The molecule has 1 atom stereocenters. The summed E-state index contributed by atoms with van der Waals surface area (Å²) in [6.07, 6.45) is 1.49. The first-order valence-electron chi connectivity index (χ1n) is 4.61. The largest absolute Gasteiger partial charge is 0.462 e. The number of ether oxygens (including phenoxy) is 2. The van der Waals surface area contributed by atoms with Gasteiger partial charge in [-0.25, -0.2) is 4.79 Å². The lowest BCUT2D eigenvalue weighted by Crippen LogP contribution is -2.17. The summed E-state index contributed by atoms with van der Waals surface area (Å²) in [5, 5.41) is 0. The summed E-state index contributed by atoms with van der Waals surface area (Å²) < 4.78 is 9.53. The molecular weight excluding hydrogens is 196 g/mol. The van der Waals surface area contributed by atoms with Gasteiger partial charge in [-0.1, -0.05) is 12.7 Å². The number of hydrogen-bond donors (Lipinski definition) is 0. The van der Waals surface area contributed by atoms with Crippen molar-refractivity contribution in [1.29, 1.82) is 0 Å². The Balaban J connectivity index is 3.63. The molecule has 0 saturated heterocycles. The SMILES string of the molecule is C=CC(C)C(=O)OCCOC(=O)C(=C)C. The van der Waals surface area contributed by atoms with Gasteiger partial charge in [-0.15, -0.1) is 6.58 Å². The summed E-state index contributed by atoms with van der Waals surface area (Å²) in [6, 6.07) is 0. The third-order valence-corrected chi connectivity index (χ3v) is 1.63. The summed E-state index contributed by atoms with van der Waals surface area (Å²) >= 11 is 0. The number of carbonyl (C=O) groups excluding carboxylic acids is 2. The molecule has 1 unspecified atom stereocenters. The number of esters is 2. The molecule has 15 heavy (non-hydrogen) atoms. The Morgan fingerprint density at radius 3 is 2.33 bits per heavy atom. The van der Waals surface area contributed by atoms with Gasteiger partial charge in [0.2, 0.25) is 0 Å². The minimum atomic E-state index is -0.484. The zero-order valence-corrected chi connectivity index (χ0v) is 9.12. The first-order chi connectivity index (χ1) is 6.99. The molecule has 84 valence electrons. The fourth-order valence-corrected chi connectivity index (χ4v) is 0.627. The molecule has 0 saturated carbocycles. The first kappa shape index (κ1) is 13.4. The van der Waals surface area contributed by atoms with Crippen LogP contribution in [0.15, 0.2) is 24.8 Å². The zero-order chi connectivity index (χ0) is 11.8. The maximum Gasteiger partial charge on any atom is 0.333 e. The van der Waals surface area contributed by atoms with Crippen molar-refractivity contribution in [2.24, 2.45) is 5.92 Å². The van der Waals surface area contributed by atoms with Gasteiger partial charge < -0.3 is 9.47 Å². The van der Waals surface area contributed by atoms with Crippen LogP contribution in [-0.4, -0.2) is 25.2 Å². The number of hydrogen-bond acceptors (Lipinski definition) is 4. The van der Waals surface area contributed by atoms with Crippen LogP contribution in [0.3, 0.4) is 0 Å². The molecule has 4 nitrogen and oxygen atoms in total. The van der Waals surface area contributed by atoms with E-state index in [1.165, 1.54) is 6.08 Å². The van der Waals surface area contributed by atoms with Crippen molar-refractivity contribution in [1.82, 2.24) is 0 Å². The Hall–Kier alpha value is -1.58. The van der Waals surface area contributed by atoms with Gasteiger partial charge in [0.15, 0.2) is 0 Å². The first-order valence-corrected chi connectivity index (χ1v) is 4.61. The molecule has 0 fully saturated rings. The predicted octanol–water partition coefficient (Wildman–Crippen LogP) is 1.47. The van der Waals surface area contributed by atoms with Crippen molar-refractivity contribution in [3.63, 3.8) is 0 Å². The van der Waals surface area contributed by atoms with E-state index in [4.69, 9.17) is 9.47 Å². The second-order valence-electron chi connectivity index (χ2n) is 3.11. The standard InChI is InChI=1S/C11H16O4/c1-5-9(4)11(13)15-7-6-14-10(12)8(2)3/h5,9H,1-2,6-7H2,3-4H3. The van der Waals surface area contributed by atoms with E-state index in [1.807, 2.05) is 0 Å². The normalized spacial score (nSPS) is 11.3. The van der Waals surface area contributed by atoms with E-state index < -0.39 is 5.97 Å². The molecule has 0 radical (unpaired) electrons. The van der Waals surface area contributed by atoms with Crippen molar-refractivity contribution in [3.8, 4) is 0 Å². The third kappa shape index (κ3) is 5.67. The van der Waals surface area contributed by atoms with Crippen molar-refractivity contribution >= 4 is 11.9 Å². The van der Waals surface area contributed by atoms with E-state index >= 15 is 0 Å². The van der Waals surface area contributed by atoms with Crippen LogP contribution in [-0.2, 0) is 19.1 Å². The molecule has 0 rings (SSSR count). The van der Waals surface area contributed by atoms with Crippen molar-refractivity contribution in [2.45, 2.75) is 13.8 Å². The Morgan fingerprint density at radius 2 is 1.87 bits per heavy atom. The summed E-state index contributed by atoms with van der Waals surface area (Å²) in [7, 11) is 0. The average Bonchev–Trinajstić information content (AvgIpc) is 2.22. The number of rotatable bonds is 6. The van der Waals surface area contributed by atoms with Gasteiger partial charge in [0.1, 0.15) is 13.2 Å². The molecule has 0 aromatic carbocycles. The molecular formula is C11H16O4. The Labute approximate surface area is 89.6 Å². The molecule has 0 aromatic heterocycles. The zero-order valence-electron chi connectivity index (χ0n) is 9.12. The topological polar surface area (TPSA) is 52.6 Å². The van der Waals surface area contributed by atoms with Crippen LogP contribution in [0.1, 0.15) is 13.8 Å². The van der Waals surface area contributed by atoms with Gasteiger partial charge in [-0.05, 0) is 13.8 Å². The van der Waals surface area contributed by atoms with Crippen molar-refractivity contribution in [2.75, 3.05) is 13.2 Å². The molecule has 0 aliphatic heterocycles. The molecule has 0 heterocycles. The Kier molecular flexibility index (Phi) is 6.09. The second-order valence-corrected chi connectivity index (χ2v) is 3.11. The summed E-state index contributed by atoms with van der Waals surface area (Å²) in [5.41, 5.74) is 0.320. The highest BCUT2D eigenvalue weighted by Gasteiger charge is 2.10. The van der Waals surface area contributed by atoms with Crippen LogP contribution < -0.4 is 0 Å². The van der Waals surface area contributed by atoms with Crippen LogP contribution in [0.5, 0.6) is 0 Å². The van der Waals surface area contributed by atoms with Gasteiger partial charge in [0, 0.05) is 5.57 Å². The van der Waals surface area contributed by atoms with Gasteiger partial charge in [-0.3, -0.25) is 4.79 Å². The minimum Gasteiger partial charge on any atom is -0.462 e. The minimum absolute atomic E-state index is 0.0430. The smallest absolute Gasteiger partial charge is 0.333 e. The molecule has 0 aliphatic rings. The van der Waals surface area contributed by atoms with E-state index in [0.717, 1.165) is 0 Å². The lowest BCUT2D eigenvalue weighted by Gasteiger charge is -2.08. The van der Waals surface area contributed by atoms with Gasteiger partial charge in [-0.2, -0.15) is 0 Å². The predicted molar refractivity (Wildman–Crippen MR) is 56.1 cm³/mol. The van der Waals surface area contributed by atoms with Crippen LogP contribution in [0, 0.1) is 5.92 Å². The van der Waals surface area contributed by atoms with Crippen LogP contribution in [0.25, 0.3) is 0 Å². The molecule has 4 heteroatoms. The highest BCUT2D eigenvalue weighted by molar-refractivity contribution is 5.86. The highest BCUT2D eigenvalue weighted by Crippen LogP contribution is 1.99. The number of carbonyl (C=O) groups is 2. The second kappa shape index (κ2) is 6.81. The third-order valence-electron chi connectivity index (χ3n) is 1.63. The van der Waals surface area contributed by atoms with E-state index in [9.17, 15) is 9.59 Å². The average molecular weight is 212 g/mol. The van der Waals surface area contributed by atoms with E-state index in [0.29, 0.717) is 5.57 Å². The fraction of sp³-hybridized carbons (Fsp3) is 0.455. The van der Waals surface area contributed by atoms with E-state index in [1.54, 1.807) is 13.8 Å². The van der Waals surface area contributed by atoms with Crippen molar-refractivity contribution in [3.05, 3.63) is 24.8 Å². The fourth-order valence-electron chi connectivity index (χ4n) is 0.627. The lowest BCUT2D eigenvalue weighted by atomic mass is 10.2. The van der Waals surface area contributed by atoms with Gasteiger partial charge in [0.05, 0.1) is 5.92 Å². The van der Waals surface area contributed by atoms with Gasteiger partial charge in [0.25, 0.3) is 0 Å². The quantitative estimate of drug-likeness (QED) is 0.289. The summed E-state index contributed by atoms with van der Waals surface area (Å²) in [6.45, 7) is 10.2. The van der Waals surface area contributed by atoms with Gasteiger partial charge >= 0.3 is 11.9 Å². The molecule has 0 bridgehead atoms. The monoisotopic (exact) mass is 212 g/mol. The maximum absolute atomic E-state index is 11.1. The summed E-state index contributed by atoms with van der Waals surface area (Å²) in [5.74, 6) is -1.21. The molecule has 0 spiro atoms. The highest BCUT2D eigenvalue weighted by atomic mass is 16.6. The van der Waals surface area contributed by atoms with Crippen LogP contribution in [0.4, 0.5) is 0 Å². The van der Waals surface area contributed by atoms with E-state index in [2.05, 4.69) is 13.2 Å².